The lowest BCUT2D eigenvalue weighted by Crippen LogP contribution is -2.49. The van der Waals surface area contributed by atoms with E-state index in [-0.39, 0.29) is 12.5 Å². The summed E-state index contributed by atoms with van der Waals surface area (Å²) in [6, 6.07) is -0.0871. The van der Waals surface area contributed by atoms with Gasteiger partial charge in [0.1, 0.15) is 0 Å². The molecule has 1 heterocycles. The molecule has 1 rings (SSSR count). The number of aliphatic carboxylic acids is 1. The van der Waals surface area contributed by atoms with Crippen molar-refractivity contribution in [2.24, 2.45) is 0 Å². The molecule has 0 radical (unpaired) electrons. The van der Waals surface area contributed by atoms with Crippen LogP contribution in [0.15, 0.2) is 0 Å². The number of carboxylic acids is 1. The van der Waals surface area contributed by atoms with Crippen molar-refractivity contribution in [2.45, 2.75) is 38.2 Å². The molecule has 6 heteroatoms. The van der Waals surface area contributed by atoms with E-state index in [0.29, 0.717) is 38.9 Å². The molecule has 1 aliphatic rings. The molecule has 0 spiro atoms. The number of rotatable bonds is 4. The van der Waals surface area contributed by atoms with Gasteiger partial charge in [-0.05, 0) is 26.2 Å². The molecule has 0 aliphatic carbocycles. The summed E-state index contributed by atoms with van der Waals surface area (Å²) in [5.41, 5.74) is -0.668. The van der Waals surface area contributed by atoms with Crippen LogP contribution < -0.4 is 0 Å². The summed E-state index contributed by atoms with van der Waals surface area (Å²) in [5, 5.41) is 18.3. The van der Waals surface area contributed by atoms with E-state index in [2.05, 4.69) is 0 Å². The first-order chi connectivity index (χ1) is 8.32. The summed E-state index contributed by atoms with van der Waals surface area (Å²) in [4.78, 5) is 25.6. The summed E-state index contributed by atoms with van der Waals surface area (Å²) in [5.74, 6) is -0.843. The third-order valence-electron chi connectivity index (χ3n) is 3.32. The zero-order valence-corrected chi connectivity index (χ0v) is 11.1. The Labute approximate surface area is 107 Å². The van der Waals surface area contributed by atoms with Gasteiger partial charge in [-0.15, -0.1) is 0 Å². The average molecular weight is 258 g/mol. The van der Waals surface area contributed by atoms with Gasteiger partial charge in [-0.25, -0.2) is 4.79 Å². The van der Waals surface area contributed by atoms with Crippen molar-refractivity contribution in [3.63, 3.8) is 0 Å². The van der Waals surface area contributed by atoms with Gasteiger partial charge in [0.25, 0.3) is 0 Å². The van der Waals surface area contributed by atoms with Crippen LogP contribution in [0.1, 0.15) is 32.6 Å². The van der Waals surface area contributed by atoms with Gasteiger partial charge < -0.3 is 20.0 Å². The first kappa shape index (κ1) is 14.8. The van der Waals surface area contributed by atoms with Gasteiger partial charge in [-0.1, -0.05) is 0 Å². The molecular weight excluding hydrogens is 236 g/mol. The molecule has 0 aromatic heterocycles. The number of urea groups is 1. The molecule has 0 saturated carbocycles. The van der Waals surface area contributed by atoms with Crippen molar-refractivity contribution < 1.29 is 19.8 Å². The van der Waals surface area contributed by atoms with E-state index in [9.17, 15) is 14.7 Å². The molecule has 104 valence electrons. The second-order valence-electron chi connectivity index (χ2n) is 5.19. The van der Waals surface area contributed by atoms with Crippen LogP contribution in [0.5, 0.6) is 0 Å². The van der Waals surface area contributed by atoms with E-state index < -0.39 is 11.6 Å². The monoisotopic (exact) mass is 258 g/mol. The highest BCUT2D eigenvalue weighted by Gasteiger charge is 2.30. The fourth-order valence-corrected chi connectivity index (χ4v) is 1.98. The molecular formula is C12H22N2O4. The summed E-state index contributed by atoms with van der Waals surface area (Å²) >= 11 is 0. The predicted molar refractivity (Wildman–Crippen MR) is 66.3 cm³/mol. The lowest BCUT2D eigenvalue weighted by Gasteiger charge is -2.37. The third kappa shape index (κ3) is 4.52. The molecule has 0 atom stereocenters. The maximum atomic E-state index is 12.0. The van der Waals surface area contributed by atoms with Crippen LogP contribution >= 0.6 is 0 Å². The minimum absolute atomic E-state index is 0.0757. The van der Waals surface area contributed by atoms with Crippen LogP contribution in [-0.4, -0.2) is 64.3 Å². The van der Waals surface area contributed by atoms with Gasteiger partial charge in [0, 0.05) is 33.1 Å². The second-order valence-corrected chi connectivity index (χ2v) is 5.19. The minimum atomic E-state index is -0.843. The van der Waals surface area contributed by atoms with E-state index in [0.717, 1.165) is 0 Å². The van der Waals surface area contributed by atoms with Gasteiger partial charge in [-0.3, -0.25) is 4.79 Å². The van der Waals surface area contributed by atoms with Crippen LogP contribution in [0.4, 0.5) is 4.79 Å². The van der Waals surface area contributed by atoms with Gasteiger partial charge in [0.15, 0.2) is 0 Å². The number of carbonyl (C=O) groups is 2. The smallest absolute Gasteiger partial charge is 0.319 e. The predicted octanol–water partition coefficient (Wildman–Crippen LogP) is 0.750. The number of amides is 2. The second kappa shape index (κ2) is 6.04. The maximum Gasteiger partial charge on any atom is 0.319 e. The summed E-state index contributed by atoms with van der Waals surface area (Å²) in [7, 11) is 1.68. The maximum absolute atomic E-state index is 12.0. The first-order valence-corrected chi connectivity index (χ1v) is 6.26. The molecule has 1 saturated heterocycles. The zero-order valence-electron chi connectivity index (χ0n) is 11.1. The number of carbonyl (C=O) groups excluding carboxylic acids is 1. The summed E-state index contributed by atoms with van der Waals surface area (Å²) < 4.78 is 0. The Hall–Kier alpha value is -1.30. The molecule has 0 bridgehead atoms. The van der Waals surface area contributed by atoms with Crippen molar-refractivity contribution in [2.75, 3.05) is 26.7 Å². The van der Waals surface area contributed by atoms with Crippen molar-refractivity contribution in [3.05, 3.63) is 0 Å². The minimum Gasteiger partial charge on any atom is -0.481 e. The first-order valence-electron chi connectivity index (χ1n) is 6.26. The number of piperidine rings is 1. The molecule has 18 heavy (non-hydrogen) atoms. The van der Waals surface area contributed by atoms with E-state index in [4.69, 9.17) is 5.11 Å². The fourth-order valence-electron chi connectivity index (χ4n) is 1.98. The van der Waals surface area contributed by atoms with Gasteiger partial charge in [-0.2, -0.15) is 0 Å². The van der Waals surface area contributed by atoms with Crippen LogP contribution in [0.3, 0.4) is 0 Å². The van der Waals surface area contributed by atoms with Crippen LogP contribution in [0, 0.1) is 0 Å². The van der Waals surface area contributed by atoms with Crippen molar-refractivity contribution in [3.8, 4) is 0 Å². The Bertz CT molecular complexity index is 307. The number of hydrogen-bond acceptors (Lipinski definition) is 3. The molecule has 1 fully saturated rings. The molecule has 6 nitrogen and oxygen atoms in total. The molecule has 2 N–H and O–H groups in total. The molecule has 0 aromatic rings. The lowest BCUT2D eigenvalue weighted by molar-refractivity contribution is -0.137. The fraction of sp³-hybridized carbons (Fsp3) is 0.833. The lowest BCUT2D eigenvalue weighted by atomic mass is 9.94. The molecule has 0 unspecified atom stereocenters. The summed E-state index contributed by atoms with van der Waals surface area (Å²) in [6.45, 7) is 3.33. The van der Waals surface area contributed by atoms with Crippen molar-refractivity contribution >= 4 is 12.0 Å². The standard InChI is InChI=1S/C12H22N2O4/c1-12(18)5-8-14(9-6-12)11(17)13(2)7-3-4-10(15)16/h18H,3-9H2,1-2H3,(H,15,16). The third-order valence-corrected chi connectivity index (χ3v) is 3.32. The SMILES string of the molecule is CN(CCCC(=O)O)C(=O)N1CCC(C)(O)CC1. The number of nitrogens with zero attached hydrogens (tertiary/aromatic N) is 2. The Balaban J connectivity index is 2.33. The average Bonchev–Trinajstić information content (AvgIpc) is 2.27. The van der Waals surface area contributed by atoms with Crippen LogP contribution in [-0.2, 0) is 4.79 Å². The van der Waals surface area contributed by atoms with Gasteiger partial charge >= 0.3 is 12.0 Å². The van der Waals surface area contributed by atoms with Gasteiger partial charge in [0.2, 0.25) is 0 Å². The zero-order chi connectivity index (χ0) is 13.8. The number of likely N-dealkylation sites (tertiary alicyclic amines) is 1. The van der Waals surface area contributed by atoms with E-state index in [1.807, 2.05) is 0 Å². The number of aliphatic hydroxyl groups is 1. The van der Waals surface area contributed by atoms with E-state index >= 15 is 0 Å². The van der Waals surface area contributed by atoms with Crippen LogP contribution in [0.2, 0.25) is 0 Å². The van der Waals surface area contributed by atoms with Crippen LogP contribution in [0.25, 0.3) is 0 Å². The Morgan fingerprint density at radius 1 is 1.33 bits per heavy atom. The molecule has 2 amide bonds. The normalized spacial score (nSPS) is 18.5. The van der Waals surface area contributed by atoms with E-state index in [1.54, 1.807) is 23.8 Å². The largest absolute Gasteiger partial charge is 0.481 e. The molecule has 0 aromatic carbocycles. The topological polar surface area (TPSA) is 81.1 Å². The Kier molecular flexibility index (Phi) is 4.95. The quantitative estimate of drug-likeness (QED) is 0.779. The highest BCUT2D eigenvalue weighted by molar-refractivity contribution is 5.74. The Morgan fingerprint density at radius 3 is 2.39 bits per heavy atom. The number of hydrogen-bond donors (Lipinski definition) is 2. The highest BCUT2D eigenvalue weighted by Crippen LogP contribution is 2.21. The Morgan fingerprint density at radius 2 is 1.89 bits per heavy atom. The number of carboxylic acid groups (broad SMARTS) is 1. The highest BCUT2D eigenvalue weighted by atomic mass is 16.4. The van der Waals surface area contributed by atoms with E-state index in [1.165, 1.54) is 0 Å². The van der Waals surface area contributed by atoms with Crippen molar-refractivity contribution in [1.82, 2.24) is 9.80 Å². The van der Waals surface area contributed by atoms with Gasteiger partial charge in [0.05, 0.1) is 5.60 Å². The molecule has 1 aliphatic heterocycles. The summed E-state index contributed by atoms with van der Waals surface area (Å²) in [6.07, 6.45) is 1.71. The van der Waals surface area contributed by atoms with Crippen molar-refractivity contribution in [1.29, 1.82) is 0 Å².